The molecule has 0 unspecified atom stereocenters. The summed E-state index contributed by atoms with van der Waals surface area (Å²) in [6.45, 7) is 2.17. The van der Waals surface area contributed by atoms with Crippen LogP contribution in [0, 0.1) is 6.92 Å². The van der Waals surface area contributed by atoms with Crippen molar-refractivity contribution >= 4 is 53.3 Å². The maximum absolute atomic E-state index is 2.40. The molecule has 0 aliphatic carbocycles. The molecule has 0 bridgehead atoms. The third kappa shape index (κ3) is 2.05. The normalized spacial score (nSPS) is 11.9. The van der Waals surface area contributed by atoms with Crippen LogP contribution in [-0.2, 0) is 0 Å². The molecule has 0 fully saturated rings. The molecular weight excluding hydrogens is 346 g/mol. The molecule has 2 aromatic heterocycles. The highest BCUT2D eigenvalue weighted by molar-refractivity contribution is 7.26. The van der Waals surface area contributed by atoms with Gasteiger partial charge in [0.15, 0.2) is 0 Å². The number of fused-ring (bicyclic) bond motifs is 7. The molecule has 0 aliphatic rings. The average molecular weight is 363 g/mol. The van der Waals surface area contributed by atoms with E-state index in [-0.39, 0.29) is 0 Å². The molecule has 6 aromatic rings. The summed E-state index contributed by atoms with van der Waals surface area (Å²) in [6.07, 6.45) is 0. The number of rotatable bonds is 1. The minimum atomic E-state index is 1.21. The van der Waals surface area contributed by atoms with Gasteiger partial charge in [-0.2, -0.15) is 0 Å². The largest absolute Gasteiger partial charge is 0.309 e. The van der Waals surface area contributed by atoms with E-state index in [1.165, 1.54) is 53.2 Å². The molecule has 0 spiro atoms. The first-order chi connectivity index (χ1) is 13.3. The molecule has 2 heterocycles. The van der Waals surface area contributed by atoms with Crippen LogP contribution in [-0.4, -0.2) is 4.57 Å². The van der Waals surface area contributed by atoms with Crippen LogP contribution in [0.15, 0.2) is 84.9 Å². The van der Waals surface area contributed by atoms with Gasteiger partial charge in [0.2, 0.25) is 0 Å². The predicted molar refractivity (Wildman–Crippen MR) is 118 cm³/mol. The standard InChI is InChI=1S/C25H17NS/c1-16-11-12-20-22(15-16)26(17-7-3-2-4-8-17)21-14-13-19-18-9-5-6-10-23(18)27-25(19)24(20)21/h2-15H,1H3. The summed E-state index contributed by atoms with van der Waals surface area (Å²) >= 11 is 1.91. The van der Waals surface area contributed by atoms with Crippen molar-refractivity contribution in [2.75, 3.05) is 0 Å². The van der Waals surface area contributed by atoms with Gasteiger partial charge in [0.25, 0.3) is 0 Å². The van der Waals surface area contributed by atoms with Gasteiger partial charge in [-0.1, -0.05) is 54.6 Å². The molecule has 0 amide bonds. The Kier molecular flexibility index (Phi) is 3.03. The SMILES string of the molecule is Cc1ccc2c3c4sc5ccccc5c4ccc3n(-c3ccccc3)c2c1. The average Bonchev–Trinajstić information content (AvgIpc) is 3.23. The minimum Gasteiger partial charge on any atom is -0.309 e. The number of aromatic nitrogens is 1. The monoisotopic (exact) mass is 363 g/mol. The van der Waals surface area contributed by atoms with Crippen LogP contribution in [0.4, 0.5) is 0 Å². The van der Waals surface area contributed by atoms with Crippen molar-refractivity contribution in [3.8, 4) is 5.69 Å². The number of nitrogens with zero attached hydrogens (tertiary/aromatic N) is 1. The minimum absolute atomic E-state index is 1.21. The smallest absolute Gasteiger partial charge is 0.0555 e. The van der Waals surface area contributed by atoms with Crippen molar-refractivity contribution in [3.63, 3.8) is 0 Å². The van der Waals surface area contributed by atoms with Gasteiger partial charge in [0.1, 0.15) is 0 Å². The van der Waals surface area contributed by atoms with E-state index in [0.717, 1.165) is 0 Å². The third-order valence-corrected chi connectivity index (χ3v) is 6.65. The predicted octanol–water partition coefficient (Wildman–Crippen LogP) is 7.46. The Hall–Kier alpha value is -3.10. The van der Waals surface area contributed by atoms with Crippen LogP contribution in [0.3, 0.4) is 0 Å². The van der Waals surface area contributed by atoms with Crippen LogP contribution in [0.2, 0.25) is 0 Å². The van der Waals surface area contributed by atoms with E-state index in [1.54, 1.807) is 0 Å². The molecule has 6 rings (SSSR count). The lowest BCUT2D eigenvalue weighted by Crippen LogP contribution is -1.93. The summed E-state index contributed by atoms with van der Waals surface area (Å²) in [5, 5.41) is 5.41. The summed E-state index contributed by atoms with van der Waals surface area (Å²) in [5.41, 5.74) is 5.06. The first-order valence-corrected chi connectivity index (χ1v) is 10.0. The quantitative estimate of drug-likeness (QED) is 0.286. The van der Waals surface area contributed by atoms with E-state index in [4.69, 9.17) is 0 Å². The Labute approximate surface area is 161 Å². The van der Waals surface area contributed by atoms with E-state index in [9.17, 15) is 0 Å². The fourth-order valence-corrected chi connectivity index (χ4v) is 5.51. The highest BCUT2D eigenvalue weighted by Crippen LogP contribution is 2.43. The van der Waals surface area contributed by atoms with Crippen LogP contribution in [0.5, 0.6) is 0 Å². The second kappa shape index (κ2) is 5.45. The second-order valence-electron chi connectivity index (χ2n) is 7.13. The van der Waals surface area contributed by atoms with Crippen molar-refractivity contribution < 1.29 is 0 Å². The highest BCUT2D eigenvalue weighted by Gasteiger charge is 2.17. The molecule has 0 aliphatic heterocycles. The van der Waals surface area contributed by atoms with Gasteiger partial charge in [-0.3, -0.25) is 0 Å². The summed E-state index contributed by atoms with van der Waals surface area (Å²) in [7, 11) is 0. The van der Waals surface area contributed by atoms with E-state index in [1.807, 2.05) is 11.3 Å². The zero-order valence-electron chi connectivity index (χ0n) is 14.9. The number of para-hydroxylation sites is 1. The molecule has 1 nitrogen and oxygen atoms in total. The van der Waals surface area contributed by atoms with Gasteiger partial charge >= 0.3 is 0 Å². The van der Waals surface area contributed by atoms with Crippen molar-refractivity contribution in [2.45, 2.75) is 6.92 Å². The Bertz CT molecular complexity index is 1470. The topological polar surface area (TPSA) is 4.93 Å². The van der Waals surface area contributed by atoms with Crippen molar-refractivity contribution in [1.82, 2.24) is 4.57 Å². The lowest BCUT2D eigenvalue weighted by Gasteiger charge is -2.07. The first kappa shape index (κ1) is 15.0. The molecule has 0 atom stereocenters. The van der Waals surface area contributed by atoms with Crippen LogP contribution in [0.1, 0.15) is 5.56 Å². The number of benzene rings is 4. The number of thiophene rings is 1. The number of aryl methyl sites for hydroxylation is 1. The molecule has 128 valence electrons. The summed E-state index contributed by atoms with van der Waals surface area (Å²) in [5.74, 6) is 0. The van der Waals surface area contributed by atoms with Crippen molar-refractivity contribution in [2.24, 2.45) is 0 Å². The molecule has 0 N–H and O–H groups in total. The number of hydrogen-bond acceptors (Lipinski definition) is 1. The van der Waals surface area contributed by atoms with E-state index in [0.29, 0.717) is 0 Å². The van der Waals surface area contributed by atoms with Crippen LogP contribution < -0.4 is 0 Å². The Balaban J connectivity index is 1.89. The fourth-order valence-electron chi connectivity index (χ4n) is 4.25. The molecule has 27 heavy (non-hydrogen) atoms. The van der Waals surface area contributed by atoms with Crippen LogP contribution in [0.25, 0.3) is 47.7 Å². The maximum Gasteiger partial charge on any atom is 0.0555 e. The zero-order chi connectivity index (χ0) is 18.0. The molecular formula is C25H17NS. The molecule has 0 saturated carbocycles. The summed E-state index contributed by atoms with van der Waals surface area (Å²) < 4.78 is 5.14. The Morgan fingerprint density at radius 2 is 1.44 bits per heavy atom. The van der Waals surface area contributed by atoms with Gasteiger partial charge in [-0.25, -0.2) is 0 Å². The Morgan fingerprint density at radius 1 is 0.667 bits per heavy atom. The van der Waals surface area contributed by atoms with E-state index < -0.39 is 0 Å². The Morgan fingerprint density at radius 3 is 2.33 bits per heavy atom. The lowest BCUT2D eigenvalue weighted by molar-refractivity contribution is 1.18. The highest BCUT2D eigenvalue weighted by atomic mass is 32.1. The maximum atomic E-state index is 2.40. The van der Waals surface area contributed by atoms with Gasteiger partial charge in [-0.05, 0) is 42.8 Å². The van der Waals surface area contributed by atoms with Gasteiger partial charge in [0.05, 0.1) is 11.0 Å². The third-order valence-electron chi connectivity index (χ3n) is 5.44. The number of hydrogen-bond donors (Lipinski definition) is 0. The first-order valence-electron chi connectivity index (χ1n) is 9.22. The van der Waals surface area contributed by atoms with E-state index >= 15 is 0 Å². The summed E-state index contributed by atoms with van der Waals surface area (Å²) in [6, 6.07) is 30.8. The molecule has 0 saturated heterocycles. The van der Waals surface area contributed by atoms with Crippen molar-refractivity contribution in [1.29, 1.82) is 0 Å². The van der Waals surface area contributed by atoms with Crippen molar-refractivity contribution in [3.05, 3.63) is 90.5 Å². The van der Waals surface area contributed by atoms with E-state index in [2.05, 4.69) is 96.4 Å². The second-order valence-corrected chi connectivity index (χ2v) is 8.18. The van der Waals surface area contributed by atoms with Gasteiger partial charge in [-0.15, -0.1) is 11.3 Å². The molecule has 0 radical (unpaired) electrons. The molecule has 2 heteroatoms. The molecule has 4 aromatic carbocycles. The summed E-state index contributed by atoms with van der Waals surface area (Å²) in [4.78, 5) is 0. The zero-order valence-corrected chi connectivity index (χ0v) is 15.8. The van der Waals surface area contributed by atoms with Crippen LogP contribution >= 0.6 is 11.3 Å². The van der Waals surface area contributed by atoms with Gasteiger partial charge < -0.3 is 4.57 Å². The lowest BCUT2D eigenvalue weighted by atomic mass is 10.1. The fraction of sp³-hybridized carbons (Fsp3) is 0.0400. The van der Waals surface area contributed by atoms with Gasteiger partial charge in [0, 0.05) is 36.6 Å².